The van der Waals surface area contributed by atoms with E-state index in [1.54, 1.807) is 6.07 Å². The van der Waals surface area contributed by atoms with Gasteiger partial charge in [-0.15, -0.1) is 0 Å². The van der Waals surface area contributed by atoms with Gasteiger partial charge in [0.1, 0.15) is 6.54 Å². The van der Waals surface area contributed by atoms with Gasteiger partial charge < -0.3 is 10.2 Å². The van der Waals surface area contributed by atoms with Crippen molar-refractivity contribution in [3.8, 4) is 11.3 Å². The molecular formula is C20H26N4O2. The fraction of sp³-hybridized carbons (Fsp3) is 0.450. The number of carbonyl (C=O) groups excluding carboxylic acids is 1. The normalized spacial score (nSPS) is 15.7. The van der Waals surface area contributed by atoms with E-state index in [1.165, 1.54) is 23.6 Å². The molecule has 0 bridgehead atoms. The highest BCUT2D eigenvalue weighted by Gasteiger charge is 2.15. The van der Waals surface area contributed by atoms with Gasteiger partial charge in [-0.1, -0.05) is 37.3 Å². The number of benzene rings is 1. The second kappa shape index (κ2) is 8.76. The lowest BCUT2D eigenvalue weighted by molar-refractivity contribution is -0.122. The quantitative estimate of drug-likeness (QED) is 0.823. The summed E-state index contributed by atoms with van der Waals surface area (Å²) >= 11 is 0. The number of carbonyl (C=O) groups is 1. The maximum Gasteiger partial charge on any atom is 0.267 e. The first-order valence-corrected chi connectivity index (χ1v) is 9.24. The van der Waals surface area contributed by atoms with E-state index in [0.29, 0.717) is 18.2 Å². The Morgan fingerprint density at radius 3 is 2.62 bits per heavy atom. The summed E-state index contributed by atoms with van der Waals surface area (Å²) in [7, 11) is 0. The Morgan fingerprint density at radius 2 is 1.88 bits per heavy atom. The summed E-state index contributed by atoms with van der Waals surface area (Å²) in [4.78, 5) is 26.7. The zero-order chi connectivity index (χ0) is 18.4. The van der Waals surface area contributed by atoms with Crippen LogP contribution >= 0.6 is 0 Å². The van der Waals surface area contributed by atoms with E-state index in [1.807, 2.05) is 30.3 Å². The summed E-state index contributed by atoms with van der Waals surface area (Å²) in [5.41, 5.74) is 1.33. The predicted octanol–water partition coefficient (Wildman–Crippen LogP) is 1.76. The van der Waals surface area contributed by atoms with Gasteiger partial charge in [-0.2, -0.15) is 5.10 Å². The van der Waals surface area contributed by atoms with Gasteiger partial charge in [0.15, 0.2) is 0 Å². The van der Waals surface area contributed by atoms with Gasteiger partial charge in [-0.25, -0.2) is 4.68 Å². The Kier molecular flexibility index (Phi) is 6.17. The molecule has 1 aromatic heterocycles. The molecule has 26 heavy (non-hydrogen) atoms. The Labute approximate surface area is 153 Å². The van der Waals surface area contributed by atoms with Gasteiger partial charge in [0, 0.05) is 24.7 Å². The zero-order valence-electron chi connectivity index (χ0n) is 15.2. The summed E-state index contributed by atoms with van der Waals surface area (Å²) in [6, 6.07) is 12.8. The molecule has 0 saturated carbocycles. The molecule has 0 spiro atoms. The first-order valence-electron chi connectivity index (χ1n) is 9.24. The lowest BCUT2D eigenvalue weighted by atomic mass is 10.1. The molecule has 138 valence electrons. The molecule has 1 atom stereocenters. The lowest BCUT2D eigenvalue weighted by Gasteiger charge is -2.20. The maximum atomic E-state index is 12.2. The molecule has 1 saturated heterocycles. The van der Waals surface area contributed by atoms with Crippen LogP contribution in [0.1, 0.15) is 19.8 Å². The van der Waals surface area contributed by atoms with Crippen LogP contribution < -0.4 is 10.9 Å². The number of rotatable bonds is 7. The minimum atomic E-state index is -0.273. The number of nitrogens with one attached hydrogen (secondary N) is 1. The molecule has 6 heteroatoms. The molecule has 1 fully saturated rings. The minimum Gasteiger partial charge on any atom is -0.354 e. The molecule has 6 nitrogen and oxygen atoms in total. The van der Waals surface area contributed by atoms with Crippen molar-refractivity contribution in [1.29, 1.82) is 0 Å². The van der Waals surface area contributed by atoms with Crippen LogP contribution in [0.2, 0.25) is 0 Å². The minimum absolute atomic E-state index is 0.0596. The third-order valence-electron chi connectivity index (χ3n) is 4.65. The van der Waals surface area contributed by atoms with Crippen molar-refractivity contribution < 1.29 is 4.79 Å². The zero-order valence-corrected chi connectivity index (χ0v) is 15.2. The molecule has 1 unspecified atom stereocenters. The van der Waals surface area contributed by atoms with E-state index in [9.17, 15) is 9.59 Å². The standard InChI is InChI=1S/C20H26N4O2/c1-16(14-23-11-5-6-12-23)13-21-19(25)15-24-20(26)10-9-18(22-24)17-7-3-2-4-8-17/h2-4,7-10,16H,5-6,11-15H2,1H3,(H,21,25). The summed E-state index contributed by atoms with van der Waals surface area (Å²) in [6.45, 7) is 6.01. The van der Waals surface area contributed by atoms with Crippen LogP contribution in [-0.2, 0) is 11.3 Å². The van der Waals surface area contributed by atoms with E-state index >= 15 is 0 Å². The second-order valence-corrected chi connectivity index (χ2v) is 7.00. The molecule has 1 aliphatic heterocycles. The smallest absolute Gasteiger partial charge is 0.267 e. The number of amides is 1. The Balaban J connectivity index is 1.56. The Morgan fingerprint density at radius 1 is 1.15 bits per heavy atom. The highest BCUT2D eigenvalue weighted by atomic mass is 16.2. The van der Waals surface area contributed by atoms with Gasteiger partial charge in [-0.05, 0) is 37.9 Å². The van der Waals surface area contributed by atoms with Crippen molar-refractivity contribution in [1.82, 2.24) is 20.0 Å². The molecular weight excluding hydrogens is 328 g/mol. The van der Waals surface area contributed by atoms with Crippen LogP contribution in [0.15, 0.2) is 47.3 Å². The number of hydrogen-bond donors (Lipinski definition) is 1. The fourth-order valence-corrected chi connectivity index (χ4v) is 3.28. The molecule has 1 aliphatic rings. The summed E-state index contributed by atoms with van der Waals surface area (Å²) in [5, 5.41) is 7.25. The average Bonchev–Trinajstić information content (AvgIpc) is 3.15. The van der Waals surface area contributed by atoms with Crippen molar-refractivity contribution in [2.75, 3.05) is 26.2 Å². The highest BCUT2D eigenvalue weighted by molar-refractivity contribution is 5.75. The van der Waals surface area contributed by atoms with E-state index in [-0.39, 0.29) is 18.0 Å². The summed E-state index contributed by atoms with van der Waals surface area (Å²) < 4.78 is 1.23. The SMILES string of the molecule is CC(CNC(=O)Cn1nc(-c2ccccc2)ccc1=O)CN1CCCC1. The third kappa shape index (κ3) is 5.02. The molecule has 0 aliphatic carbocycles. The fourth-order valence-electron chi connectivity index (χ4n) is 3.28. The highest BCUT2D eigenvalue weighted by Crippen LogP contribution is 2.14. The van der Waals surface area contributed by atoms with E-state index in [0.717, 1.165) is 25.2 Å². The average molecular weight is 354 g/mol. The van der Waals surface area contributed by atoms with Crippen molar-refractivity contribution in [3.05, 3.63) is 52.8 Å². The van der Waals surface area contributed by atoms with Gasteiger partial charge >= 0.3 is 0 Å². The van der Waals surface area contributed by atoms with Crippen molar-refractivity contribution in [2.45, 2.75) is 26.3 Å². The monoisotopic (exact) mass is 354 g/mol. The van der Waals surface area contributed by atoms with Crippen LogP contribution in [0.4, 0.5) is 0 Å². The van der Waals surface area contributed by atoms with Crippen LogP contribution in [0.3, 0.4) is 0 Å². The topological polar surface area (TPSA) is 67.2 Å². The van der Waals surface area contributed by atoms with Crippen LogP contribution in [0, 0.1) is 5.92 Å². The molecule has 0 radical (unpaired) electrons. The molecule has 2 aromatic rings. The van der Waals surface area contributed by atoms with E-state index in [4.69, 9.17) is 0 Å². The maximum absolute atomic E-state index is 12.2. The summed E-state index contributed by atoms with van der Waals surface area (Å²) in [6.07, 6.45) is 2.54. The molecule has 2 heterocycles. The van der Waals surface area contributed by atoms with Crippen molar-refractivity contribution in [3.63, 3.8) is 0 Å². The first-order chi connectivity index (χ1) is 12.6. The molecule has 3 rings (SSSR count). The Bertz CT molecular complexity index is 782. The molecule has 1 N–H and O–H groups in total. The van der Waals surface area contributed by atoms with Gasteiger partial charge in [-0.3, -0.25) is 9.59 Å². The number of aromatic nitrogens is 2. The van der Waals surface area contributed by atoms with Crippen LogP contribution in [-0.4, -0.2) is 46.8 Å². The van der Waals surface area contributed by atoms with E-state index < -0.39 is 0 Å². The van der Waals surface area contributed by atoms with Gasteiger partial charge in [0.05, 0.1) is 5.69 Å². The first kappa shape index (κ1) is 18.3. The van der Waals surface area contributed by atoms with Gasteiger partial charge in [0.25, 0.3) is 5.56 Å². The predicted molar refractivity (Wildman–Crippen MR) is 102 cm³/mol. The van der Waals surface area contributed by atoms with Crippen LogP contribution in [0.25, 0.3) is 11.3 Å². The Hall–Kier alpha value is -2.47. The molecule has 1 aromatic carbocycles. The number of hydrogen-bond acceptors (Lipinski definition) is 4. The summed E-state index contributed by atoms with van der Waals surface area (Å²) in [5.74, 6) is 0.204. The van der Waals surface area contributed by atoms with Crippen molar-refractivity contribution >= 4 is 5.91 Å². The molecule has 1 amide bonds. The lowest BCUT2D eigenvalue weighted by Crippen LogP contribution is -2.38. The van der Waals surface area contributed by atoms with Gasteiger partial charge in [0.2, 0.25) is 5.91 Å². The largest absolute Gasteiger partial charge is 0.354 e. The number of nitrogens with zero attached hydrogens (tertiary/aromatic N) is 3. The number of likely N-dealkylation sites (tertiary alicyclic amines) is 1. The third-order valence-corrected chi connectivity index (χ3v) is 4.65. The second-order valence-electron chi connectivity index (χ2n) is 7.00. The van der Waals surface area contributed by atoms with Crippen molar-refractivity contribution in [2.24, 2.45) is 5.92 Å². The van der Waals surface area contributed by atoms with E-state index in [2.05, 4.69) is 22.2 Å². The van der Waals surface area contributed by atoms with Crippen LogP contribution in [0.5, 0.6) is 0 Å².